The molecule has 2 heterocycles. The van der Waals surface area contributed by atoms with E-state index in [-0.39, 0.29) is 17.9 Å². The van der Waals surface area contributed by atoms with Crippen molar-refractivity contribution in [2.75, 3.05) is 20.3 Å². The number of ether oxygens (including phenoxy) is 3. The highest BCUT2D eigenvalue weighted by Crippen LogP contribution is 2.34. The molecule has 0 N–H and O–H groups in total. The van der Waals surface area contributed by atoms with Crippen molar-refractivity contribution in [2.24, 2.45) is 5.92 Å². The van der Waals surface area contributed by atoms with E-state index >= 15 is 0 Å². The van der Waals surface area contributed by atoms with E-state index in [1.165, 1.54) is 0 Å². The van der Waals surface area contributed by atoms with Gasteiger partial charge in [-0.25, -0.2) is 4.68 Å². The van der Waals surface area contributed by atoms with Crippen LogP contribution in [0.3, 0.4) is 0 Å². The number of carbonyl (C=O) groups excluding carboxylic acids is 1. The molecular formula is C29H35N3O4. The summed E-state index contributed by atoms with van der Waals surface area (Å²) in [5.74, 6) is 2.30. The summed E-state index contributed by atoms with van der Waals surface area (Å²) in [5, 5.41) is 4.85. The third-order valence-electron chi connectivity index (χ3n) is 7.21. The molecule has 1 amide bonds. The number of aromatic nitrogens is 2. The largest absolute Gasteiger partial charge is 0.497 e. The third-order valence-corrected chi connectivity index (χ3v) is 7.21. The van der Waals surface area contributed by atoms with Crippen LogP contribution < -0.4 is 9.47 Å². The number of carbonyl (C=O) groups is 1. The molecule has 0 spiro atoms. The van der Waals surface area contributed by atoms with E-state index in [4.69, 9.17) is 19.3 Å². The summed E-state index contributed by atoms with van der Waals surface area (Å²) < 4.78 is 19.6. The summed E-state index contributed by atoms with van der Waals surface area (Å²) in [7, 11) is 1.64. The van der Waals surface area contributed by atoms with Crippen LogP contribution >= 0.6 is 0 Å². The molecule has 2 aromatic carbocycles. The lowest BCUT2D eigenvalue weighted by atomic mass is 10.1. The van der Waals surface area contributed by atoms with E-state index in [0.717, 1.165) is 62.1 Å². The maximum Gasteiger partial charge on any atom is 0.227 e. The van der Waals surface area contributed by atoms with Crippen molar-refractivity contribution in [2.45, 2.75) is 58.1 Å². The van der Waals surface area contributed by atoms with Crippen LogP contribution in [0, 0.1) is 12.8 Å². The van der Waals surface area contributed by atoms with Crippen molar-refractivity contribution in [1.29, 1.82) is 0 Å². The molecule has 2 fully saturated rings. The van der Waals surface area contributed by atoms with Gasteiger partial charge in [0.25, 0.3) is 0 Å². The normalized spacial score (nSPS) is 17.9. The van der Waals surface area contributed by atoms with E-state index in [2.05, 4.69) is 0 Å². The molecule has 7 nitrogen and oxygen atoms in total. The van der Waals surface area contributed by atoms with Gasteiger partial charge in [0.2, 0.25) is 11.8 Å². The van der Waals surface area contributed by atoms with Gasteiger partial charge in [0, 0.05) is 25.1 Å². The first-order valence-electron chi connectivity index (χ1n) is 13.0. The van der Waals surface area contributed by atoms with Crippen LogP contribution in [0.4, 0.5) is 0 Å². The van der Waals surface area contributed by atoms with Crippen molar-refractivity contribution in [1.82, 2.24) is 14.7 Å². The summed E-state index contributed by atoms with van der Waals surface area (Å²) >= 11 is 0. The number of benzene rings is 2. The first-order chi connectivity index (χ1) is 17.6. The number of nitrogens with zero attached hydrogens (tertiary/aromatic N) is 3. The molecule has 1 saturated heterocycles. The third kappa shape index (κ3) is 5.41. The Kier molecular flexibility index (Phi) is 7.56. The lowest BCUT2D eigenvalue weighted by molar-refractivity contribution is -0.137. The molecule has 1 unspecified atom stereocenters. The van der Waals surface area contributed by atoms with Crippen molar-refractivity contribution < 1.29 is 19.0 Å². The fourth-order valence-corrected chi connectivity index (χ4v) is 5.23. The van der Waals surface area contributed by atoms with Crippen molar-refractivity contribution in [3.05, 3.63) is 65.9 Å². The Labute approximate surface area is 213 Å². The standard InChI is InChI=1S/C29H35N3O4/c1-21-27(20-31(19-26-16-9-17-35-26)28(33)22-10-6-7-11-22)29(32(30-21)23-12-4-3-5-13-23)36-25-15-8-14-24(18-25)34-2/h3-5,8,12-15,18,22,26H,6-7,9-11,16-17,19-20H2,1-2H3. The Morgan fingerprint density at radius 3 is 2.56 bits per heavy atom. The molecule has 3 aromatic rings. The molecule has 36 heavy (non-hydrogen) atoms. The number of methoxy groups -OCH3 is 1. The number of hydrogen-bond donors (Lipinski definition) is 0. The quantitative estimate of drug-likeness (QED) is 0.387. The minimum atomic E-state index is 0.0857. The zero-order valence-electron chi connectivity index (χ0n) is 21.2. The SMILES string of the molecule is COc1cccc(Oc2c(CN(CC3CCCO3)C(=O)C3CCCC3)c(C)nn2-c2ccccc2)c1. The Morgan fingerprint density at radius 2 is 1.83 bits per heavy atom. The van der Waals surface area contributed by atoms with Crippen LogP contribution in [-0.4, -0.2) is 47.0 Å². The van der Waals surface area contributed by atoms with Gasteiger partial charge in [-0.05, 0) is 56.9 Å². The number of amides is 1. The lowest BCUT2D eigenvalue weighted by Crippen LogP contribution is -2.40. The maximum absolute atomic E-state index is 13.7. The fraction of sp³-hybridized carbons (Fsp3) is 0.448. The smallest absolute Gasteiger partial charge is 0.227 e. The molecular weight excluding hydrogens is 454 g/mol. The second kappa shape index (κ2) is 11.2. The van der Waals surface area contributed by atoms with E-state index in [9.17, 15) is 4.79 Å². The van der Waals surface area contributed by atoms with E-state index in [0.29, 0.717) is 30.5 Å². The van der Waals surface area contributed by atoms with Gasteiger partial charge in [-0.3, -0.25) is 4.79 Å². The highest BCUT2D eigenvalue weighted by Gasteiger charge is 2.32. The molecule has 0 radical (unpaired) electrons. The summed E-state index contributed by atoms with van der Waals surface area (Å²) in [6, 6.07) is 17.5. The molecule has 190 valence electrons. The predicted molar refractivity (Wildman–Crippen MR) is 138 cm³/mol. The zero-order chi connectivity index (χ0) is 24.9. The van der Waals surface area contributed by atoms with Crippen LogP contribution in [-0.2, 0) is 16.1 Å². The molecule has 1 aliphatic heterocycles. The highest BCUT2D eigenvalue weighted by atomic mass is 16.5. The second-order valence-corrected chi connectivity index (χ2v) is 9.73. The highest BCUT2D eigenvalue weighted by molar-refractivity contribution is 5.79. The summed E-state index contributed by atoms with van der Waals surface area (Å²) in [6.07, 6.45) is 6.31. The fourth-order valence-electron chi connectivity index (χ4n) is 5.23. The monoisotopic (exact) mass is 489 g/mol. The van der Waals surface area contributed by atoms with Crippen molar-refractivity contribution >= 4 is 5.91 Å². The number of aryl methyl sites for hydroxylation is 1. The van der Waals surface area contributed by atoms with Gasteiger partial charge in [0.15, 0.2) is 0 Å². The molecule has 0 bridgehead atoms. The first-order valence-corrected chi connectivity index (χ1v) is 13.0. The van der Waals surface area contributed by atoms with Crippen LogP contribution in [0.25, 0.3) is 5.69 Å². The van der Waals surface area contributed by atoms with Crippen molar-refractivity contribution in [3.63, 3.8) is 0 Å². The second-order valence-electron chi connectivity index (χ2n) is 9.73. The summed E-state index contributed by atoms with van der Waals surface area (Å²) in [4.78, 5) is 15.7. The average Bonchev–Trinajstić information content (AvgIpc) is 3.68. The number of para-hydroxylation sites is 1. The van der Waals surface area contributed by atoms with E-state index in [1.54, 1.807) is 7.11 Å². The molecule has 5 rings (SSSR count). The van der Waals surface area contributed by atoms with Crippen molar-refractivity contribution in [3.8, 4) is 23.1 Å². The van der Waals surface area contributed by atoms with Crippen LogP contribution in [0.1, 0.15) is 49.8 Å². The molecule has 1 aliphatic carbocycles. The van der Waals surface area contributed by atoms with Gasteiger partial charge in [0.1, 0.15) is 11.5 Å². The predicted octanol–water partition coefficient (Wildman–Crippen LogP) is 5.68. The molecule has 1 saturated carbocycles. The van der Waals surface area contributed by atoms with Gasteiger partial charge >= 0.3 is 0 Å². The summed E-state index contributed by atoms with van der Waals surface area (Å²) in [6.45, 7) is 3.79. The molecule has 1 atom stereocenters. The Bertz CT molecular complexity index is 1160. The molecule has 2 aliphatic rings. The van der Waals surface area contributed by atoms with Gasteiger partial charge in [-0.1, -0.05) is 37.1 Å². The minimum Gasteiger partial charge on any atom is -0.497 e. The average molecular weight is 490 g/mol. The molecule has 1 aromatic heterocycles. The lowest BCUT2D eigenvalue weighted by Gasteiger charge is -2.28. The Hall–Kier alpha value is -3.32. The maximum atomic E-state index is 13.7. The van der Waals surface area contributed by atoms with Gasteiger partial charge in [0.05, 0.1) is 36.7 Å². The van der Waals surface area contributed by atoms with Crippen LogP contribution in [0.2, 0.25) is 0 Å². The number of rotatable bonds is 9. The Balaban J connectivity index is 1.51. The van der Waals surface area contributed by atoms with Gasteiger partial charge in [-0.15, -0.1) is 0 Å². The minimum absolute atomic E-state index is 0.0857. The van der Waals surface area contributed by atoms with E-state index in [1.807, 2.05) is 71.1 Å². The topological polar surface area (TPSA) is 65.8 Å². The Morgan fingerprint density at radius 1 is 1.06 bits per heavy atom. The first kappa shape index (κ1) is 24.4. The van der Waals surface area contributed by atoms with E-state index < -0.39 is 0 Å². The number of hydrogen-bond acceptors (Lipinski definition) is 5. The summed E-state index contributed by atoms with van der Waals surface area (Å²) in [5.41, 5.74) is 2.65. The van der Waals surface area contributed by atoms with Crippen LogP contribution in [0.15, 0.2) is 54.6 Å². The van der Waals surface area contributed by atoms with Gasteiger partial charge in [-0.2, -0.15) is 5.10 Å². The zero-order valence-corrected chi connectivity index (χ0v) is 21.2. The van der Waals surface area contributed by atoms with Crippen LogP contribution in [0.5, 0.6) is 17.4 Å². The molecule has 7 heteroatoms. The van der Waals surface area contributed by atoms with Gasteiger partial charge < -0.3 is 19.1 Å².